The van der Waals surface area contributed by atoms with Crippen molar-refractivity contribution < 1.29 is 10.2 Å². The lowest BCUT2D eigenvalue weighted by molar-refractivity contribution is 0.110. The van der Waals surface area contributed by atoms with Crippen LogP contribution in [0.4, 0.5) is 0 Å². The summed E-state index contributed by atoms with van der Waals surface area (Å²) in [5, 5.41) is 31.6. The second-order valence-electron chi connectivity index (χ2n) is 6.20. The quantitative estimate of drug-likeness (QED) is 0.719. The summed E-state index contributed by atoms with van der Waals surface area (Å²) in [5.74, 6) is 6.07. The van der Waals surface area contributed by atoms with E-state index in [-0.39, 0.29) is 24.6 Å². The molecule has 0 aromatic heterocycles. The Kier molecular flexibility index (Phi) is 4.18. The average molecular weight is 296 g/mol. The van der Waals surface area contributed by atoms with Gasteiger partial charge in [0.15, 0.2) is 0 Å². The van der Waals surface area contributed by atoms with Crippen molar-refractivity contribution >= 4 is 0 Å². The Bertz CT molecular complexity index is 630. The molecule has 1 aromatic rings. The Morgan fingerprint density at radius 3 is 2.50 bits per heavy atom. The van der Waals surface area contributed by atoms with Gasteiger partial charge in [0.1, 0.15) is 11.6 Å². The molecular formula is C18H20N2O2. The maximum Gasteiger partial charge on any atom is 0.125 e. The highest BCUT2D eigenvalue weighted by Crippen LogP contribution is 2.32. The molecule has 4 nitrogen and oxygen atoms in total. The van der Waals surface area contributed by atoms with E-state index in [2.05, 4.69) is 23.2 Å². The highest BCUT2D eigenvalue weighted by Gasteiger charge is 2.41. The van der Waals surface area contributed by atoms with E-state index in [1.807, 2.05) is 24.3 Å². The topological polar surface area (TPSA) is 76.3 Å². The largest absolute Gasteiger partial charge is 0.395 e. The van der Waals surface area contributed by atoms with Crippen molar-refractivity contribution in [3.8, 4) is 17.9 Å². The number of hydrogen-bond donors (Lipinski definition) is 3. The van der Waals surface area contributed by atoms with E-state index in [1.54, 1.807) is 0 Å². The normalized spacial score (nSPS) is 29.0. The molecule has 1 saturated heterocycles. The molecule has 3 atom stereocenters. The van der Waals surface area contributed by atoms with E-state index >= 15 is 0 Å². The molecule has 2 fully saturated rings. The second kappa shape index (κ2) is 6.10. The molecule has 1 aliphatic carbocycles. The van der Waals surface area contributed by atoms with Gasteiger partial charge in [-0.15, -0.1) is 0 Å². The Morgan fingerprint density at radius 2 is 1.91 bits per heavy atom. The summed E-state index contributed by atoms with van der Waals surface area (Å²) >= 11 is 0. The molecule has 2 aliphatic rings. The summed E-state index contributed by atoms with van der Waals surface area (Å²) in [6.07, 6.45) is 3.59. The number of nitriles is 1. The fourth-order valence-electron chi connectivity index (χ4n) is 3.32. The van der Waals surface area contributed by atoms with Crippen molar-refractivity contribution in [2.75, 3.05) is 6.61 Å². The first-order valence-corrected chi connectivity index (χ1v) is 7.77. The van der Waals surface area contributed by atoms with Crippen LogP contribution in [0.1, 0.15) is 42.7 Å². The maximum atomic E-state index is 10.2. The van der Waals surface area contributed by atoms with Crippen LogP contribution < -0.4 is 5.32 Å². The van der Waals surface area contributed by atoms with E-state index < -0.39 is 5.60 Å². The highest BCUT2D eigenvalue weighted by molar-refractivity contribution is 5.41. The minimum Gasteiger partial charge on any atom is -0.395 e. The van der Waals surface area contributed by atoms with Crippen LogP contribution in [0.3, 0.4) is 0 Å². The fourth-order valence-corrected chi connectivity index (χ4v) is 3.32. The number of nitrogens with one attached hydrogen (secondary N) is 1. The van der Waals surface area contributed by atoms with Gasteiger partial charge in [0.2, 0.25) is 0 Å². The van der Waals surface area contributed by atoms with Crippen molar-refractivity contribution in [2.45, 2.75) is 49.3 Å². The predicted octanol–water partition coefficient (Wildman–Crippen LogP) is 1.28. The Morgan fingerprint density at radius 1 is 1.23 bits per heavy atom. The summed E-state index contributed by atoms with van der Waals surface area (Å²) in [6, 6.07) is 9.67. The zero-order valence-electron chi connectivity index (χ0n) is 12.4. The molecule has 4 heteroatoms. The lowest BCUT2D eigenvalue weighted by Crippen LogP contribution is -2.60. The van der Waals surface area contributed by atoms with E-state index in [4.69, 9.17) is 5.26 Å². The van der Waals surface area contributed by atoms with E-state index in [0.29, 0.717) is 0 Å². The third-order valence-electron chi connectivity index (χ3n) is 4.69. The molecule has 1 saturated carbocycles. The smallest absolute Gasteiger partial charge is 0.125 e. The first-order chi connectivity index (χ1) is 10.6. The van der Waals surface area contributed by atoms with Crippen LogP contribution in [-0.2, 0) is 0 Å². The van der Waals surface area contributed by atoms with Gasteiger partial charge in [-0.25, -0.2) is 0 Å². The third-order valence-corrected chi connectivity index (χ3v) is 4.69. The molecule has 22 heavy (non-hydrogen) atoms. The number of benzene rings is 1. The molecule has 0 amide bonds. The Hall–Kier alpha value is -1.85. The molecule has 114 valence electrons. The zero-order valence-corrected chi connectivity index (χ0v) is 12.4. The number of aliphatic hydroxyl groups excluding tert-OH is 1. The Balaban J connectivity index is 1.73. The van der Waals surface area contributed by atoms with Gasteiger partial charge >= 0.3 is 0 Å². The summed E-state index contributed by atoms with van der Waals surface area (Å²) < 4.78 is 0. The van der Waals surface area contributed by atoms with Crippen LogP contribution in [0.25, 0.3) is 0 Å². The van der Waals surface area contributed by atoms with Crippen LogP contribution in [0.15, 0.2) is 24.3 Å². The van der Waals surface area contributed by atoms with Gasteiger partial charge in [0.25, 0.3) is 0 Å². The average Bonchev–Trinajstić information content (AvgIpc) is 2.94. The van der Waals surface area contributed by atoms with E-state index in [0.717, 1.165) is 36.8 Å². The molecule has 3 N–H and O–H groups in total. The number of nitrogens with zero attached hydrogens (tertiary/aromatic N) is 1. The number of aliphatic hydroxyl groups is 2. The van der Waals surface area contributed by atoms with Gasteiger partial charge in [0.05, 0.1) is 12.7 Å². The molecule has 0 radical (unpaired) electrons. The van der Waals surface area contributed by atoms with Crippen molar-refractivity contribution in [2.24, 2.45) is 0 Å². The summed E-state index contributed by atoms with van der Waals surface area (Å²) in [5.41, 5.74) is 1.09. The van der Waals surface area contributed by atoms with Crippen LogP contribution in [0, 0.1) is 23.2 Å². The highest BCUT2D eigenvalue weighted by atomic mass is 16.3. The van der Waals surface area contributed by atoms with E-state index in [1.165, 1.54) is 0 Å². The van der Waals surface area contributed by atoms with Crippen LogP contribution in [0.5, 0.6) is 0 Å². The van der Waals surface area contributed by atoms with Crippen molar-refractivity contribution in [3.05, 3.63) is 35.4 Å². The maximum absolute atomic E-state index is 10.2. The summed E-state index contributed by atoms with van der Waals surface area (Å²) in [4.78, 5) is 0. The molecule has 3 rings (SSSR count). The van der Waals surface area contributed by atoms with Crippen molar-refractivity contribution in [1.82, 2.24) is 5.32 Å². The van der Waals surface area contributed by atoms with Gasteiger partial charge in [-0.3, -0.25) is 5.32 Å². The molecule has 0 spiro atoms. The Labute approximate surface area is 130 Å². The molecule has 1 aliphatic heterocycles. The fraction of sp³-hybridized carbons (Fsp3) is 0.500. The lowest BCUT2D eigenvalue weighted by Gasteiger charge is -2.41. The molecule has 1 aromatic carbocycles. The second-order valence-corrected chi connectivity index (χ2v) is 6.20. The minimum atomic E-state index is -0.815. The minimum absolute atomic E-state index is 0.0241. The molecular weight excluding hydrogens is 276 g/mol. The first-order valence-electron chi connectivity index (χ1n) is 7.77. The van der Waals surface area contributed by atoms with Gasteiger partial charge in [0, 0.05) is 17.5 Å². The molecule has 0 bridgehead atoms. The lowest BCUT2D eigenvalue weighted by atomic mass is 9.78. The van der Waals surface area contributed by atoms with Gasteiger partial charge in [-0.05, 0) is 43.4 Å². The monoisotopic (exact) mass is 296 g/mol. The van der Waals surface area contributed by atoms with E-state index in [9.17, 15) is 10.2 Å². The van der Waals surface area contributed by atoms with Crippen molar-refractivity contribution in [3.63, 3.8) is 0 Å². The SMILES string of the molecule is N#C[C@@H]1N[C@H](CO)[C@@H]1c1ccc(C#CC2(O)CCCC2)cc1. The number of rotatable bonds is 2. The third kappa shape index (κ3) is 2.87. The molecule has 0 unspecified atom stereocenters. The van der Waals surface area contributed by atoms with Crippen molar-refractivity contribution in [1.29, 1.82) is 5.26 Å². The predicted molar refractivity (Wildman–Crippen MR) is 82.9 cm³/mol. The van der Waals surface area contributed by atoms with Gasteiger partial charge < -0.3 is 10.2 Å². The standard InChI is InChI=1S/C18H20N2O2/c19-11-15-17(16(12-21)20-15)14-5-3-13(4-6-14)7-10-18(22)8-1-2-9-18/h3-6,15-17,20-22H,1-2,8-9,12H2/t15-,16+,17+/m0/s1. The molecule has 1 heterocycles. The zero-order chi connectivity index (χ0) is 15.6. The first kappa shape index (κ1) is 15.1. The van der Waals surface area contributed by atoms with Crippen LogP contribution in [-0.4, -0.2) is 34.5 Å². The van der Waals surface area contributed by atoms with Gasteiger partial charge in [-0.2, -0.15) is 5.26 Å². The van der Waals surface area contributed by atoms with Crippen LogP contribution in [0.2, 0.25) is 0 Å². The van der Waals surface area contributed by atoms with Crippen LogP contribution >= 0.6 is 0 Å². The van der Waals surface area contributed by atoms with Gasteiger partial charge in [-0.1, -0.05) is 24.0 Å². The summed E-state index contributed by atoms with van der Waals surface area (Å²) in [6.45, 7) is 0.0252. The summed E-state index contributed by atoms with van der Waals surface area (Å²) in [7, 11) is 0. The number of hydrogen-bond acceptors (Lipinski definition) is 4.